The first-order chi connectivity index (χ1) is 7.70. The van der Waals surface area contributed by atoms with Crippen molar-refractivity contribution in [1.82, 2.24) is 9.97 Å². The second-order valence-corrected chi connectivity index (χ2v) is 4.33. The van der Waals surface area contributed by atoms with E-state index in [-0.39, 0.29) is 0 Å². The van der Waals surface area contributed by atoms with Crippen LogP contribution in [-0.2, 0) is 0 Å². The highest BCUT2D eigenvalue weighted by Crippen LogP contribution is 2.30. The van der Waals surface area contributed by atoms with E-state index in [1.54, 1.807) is 0 Å². The van der Waals surface area contributed by atoms with Crippen molar-refractivity contribution in [2.75, 3.05) is 18.5 Å². The first kappa shape index (κ1) is 11.2. The van der Waals surface area contributed by atoms with Crippen molar-refractivity contribution in [1.29, 1.82) is 0 Å². The molecule has 0 atom stereocenters. The molecule has 2 rings (SSSR count). The highest BCUT2D eigenvalue weighted by Gasteiger charge is 2.23. The molecule has 0 aromatic carbocycles. The van der Waals surface area contributed by atoms with Crippen LogP contribution in [0, 0.1) is 19.8 Å². The third-order valence-corrected chi connectivity index (χ3v) is 2.71. The van der Waals surface area contributed by atoms with E-state index in [2.05, 4.69) is 22.2 Å². The Kier molecular flexibility index (Phi) is 3.27. The summed E-state index contributed by atoms with van der Waals surface area (Å²) < 4.78 is 5.74. The van der Waals surface area contributed by atoms with Crippen LogP contribution < -0.4 is 10.1 Å². The number of hydrogen-bond donors (Lipinski definition) is 1. The summed E-state index contributed by atoms with van der Waals surface area (Å²) in [5.74, 6) is 3.13. The molecule has 0 bridgehead atoms. The Hall–Kier alpha value is -1.32. The zero-order valence-electron chi connectivity index (χ0n) is 10.2. The summed E-state index contributed by atoms with van der Waals surface area (Å²) in [6, 6.07) is 0. The molecular weight excluding hydrogens is 202 g/mol. The fourth-order valence-corrected chi connectivity index (χ4v) is 1.56. The van der Waals surface area contributed by atoms with Gasteiger partial charge in [-0.2, -0.15) is 4.98 Å². The molecule has 0 aliphatic heterocycles. The largest absolute Gasteiger partial charge is 0.477 e. The summed E-state index contributed by atoms with van der Waals surface area (Å²) >= 11 is 0. The summed E-state index contributed by atoms with van der Waals surface area (Å²) in [6.45, 7) is 7.60. The van der Waals surface area contributed by atoms with Crippen LogP contribution in [0.1, 0.15) is 31.2 Å². The van der Waals surface area contributed by atoms with Crippen molar-refractivity contribution in [2.24, 2.45) is 5.92 Å². The van der Waals surface area contributed by atoms with E-state index >= 15 is 0 Å². The first-order valence-electron chi connectivity index (χ1n) is 5.92. The van der Waals surface area contributed by atoms with E-state index in [4.69, 9.17) is 4.74 Å². The molecule has 1 aliphatic carbocycles. The molecule has 16 heavy (non-hydrogen) atoms. The minimum Gasteiger partial charge on any atom is -0.477 e. The van der Waals surface area contributed by atoms with Crippen molar-refractivity contribution < 1.29 is 4.74 Å². The van der Waals surface area contributed by atoms with Crippen molar-refractivity contribution in [2.45, 2.75) is 33.6 Å². The maximum absolute atomic E-state index is 5.74. The van der Waals surface area contributed by atoms with E-state index in [1.165, 1.54) is 12.8 Å². The lowest BCUT2D eigenvalue weighted by atomic mass is 10.3. The van der Waals surface area contributed by atoms with Crippen molar-refractivity contribution >= 4 is 5.82 Å². The second-order valence-electron chi connectivity index (χ2n) is 4.33. The van der Waals surface area contributed by atoms with Gasteiger partial charge in [-0.25, -0.2) is 4.98 Å². The van der Waals surface area contributed by atoms with Gasteiger partial charge >= 0.3 is 0 Å². The maximum Gasteiger partial charge on any atom is 0.221 e. The molecule has 1 fully saturated rings. The summed E-state index contributed by atoms with van der Waals surface area (Å²) in [6.07, 6.45) is 2.59. The third-order valence-electron chi connectivity index (χ3n) is 2.71. The van der Waals surface area contributed by atoms with Gasteiger partial charge in [0.2, 0.25) is 5.88 Å². The van der Waals surface area contributed by atoms with Gasteiger partial charge in [0.1, 0.15) is 11.6 Å². The normalized spacial score (nSPS) is 14.9. The number of hydrogen-bond acceptors (Lipinski definition) is 4. The maximum atomic E-state index is 5.74. The van der Waals surface area contributed by atoms with E-state index in [0.29, 0.717) is 0 Å². The average Bonchev–Trinajstić information content (AvgIpc) is 3.05. The van der Waals surface area contributed by atoms with Gasteiger partial charge in [0, 0.05) is 6.54 Å². The smallest absolute Gasteiger partial charge is 0.221 e. The fourth-order valence-electron chi connectivity index (χ4n) is 1.56. The van der Waals surface area contributed by atoms with Gasteiger partial charge in [-0.1, -0.05) is 0 Å². The molecule has 1 aromatic rings. The zero-order valence-corrected chi connectivity index (χ0v) is 10.2. The molecule has 0 amide bonds. The van der Waals surface area contributed by atoms with Crippen LogP contribution in [-0.4, -0.2) is 23.1 Å². The molecule has 0 saturated heterocycles. The molecule has 0 spiro atoms. The minimum absolute atomic E-state index is 0.732. The van der Waals surface area contributed by atoms with Crippen LogP contribution in [0.25, 0.3) is 0 Å². The zero-order chi connectivity index (χ0) is 11.5. The third kappa shape index (κ3) is 2.62. The van der Waals surface area contributed by atoms with E-state index in [9.17, 15) is 0 Å². The summed E-state index contributed by atoms with van der Waals surface area (Å²) in [4.78, 5) is 8.71. The Morgan fingerprint density at radius 2 is 2.06 bits per heavy atom. The van der Waals surface area contributed by atoms with E-state index < -0.39 is 0 Å². The monoisotopic (exact) mass is 221 g/mol. The molecule has 1 heterocycles. The fraction of sp³-hybridized carbons (Fsp3) is 0.667. The van der Waals surface area contributed by atoms with Crippen molar-refractivity contribution in [3.8, 4) is 5.88 Å². The highest BCUT2D eigenvalue weighted by molar-refractivity contribution is 5.48. The molecular formula is C12H19N3O. The lowest BCUT2D eigenvalue weighted by Gasteiger charge is -2.12. The summed E-state index contributed by atoms with van der Waals surface area (Å²) in [5, 5.41) is 3.23. The van der Waals surface area contributed by atoms with Gasteiger partial charge in [-0.3, -0.25) is 0 Å². The molecule has 1 aliphatic rings. The Bertz CT molecular complexity index is 375. The number of nitrogens with one attached hydrogen (secondary N) is 1. The Morgan fingerprint density at radius 3 is 2.69 bits per heavy atom. The van der Waals surface area contributed by atoms with E-state index in [1.807, 2.05) is 13.8 Å². The van der Waals surface area contributed by atoms with Crippen LogP contribution in [0.15, 0.2) is 0 Å². The predicted octanol–water partition coefficient (Wildman–Crippen LogP) is 2.31. The molecule has 4 nitrogen and oxygen atoms in total. The number of aromatic nitrogens is 2. The number of aryl methyl sites for hydroxylation is 1. The Morgan fingerprint density at radius 1 is 1.31 bits per heavy atom. The molecule has 1 N–H and O–H groups in total. The van der Waals surface area contributed by atoms with Crippen molar-refractivity contribution in [3.63, 3.8) is 0 Å². The standard InChI is InChI=1S/C12H19N3O/c1-4-13-11-8(2)12(15-9(3)14-11)16-7-10-5-6-10/h10H,4-7H2,1-3H3,(H,13,14,15). The number of anilines is 1. The van der Waals surface area contributed by atoms with Gasteiger partial charge in [0.05, 0.1) is 12.2 Å². The first-order valence-corrected chi connectivity index (χ1v) is 5.92. The number of nitrogens with zero attached hydrogens (tertiary/aromatic N) is 2. The molecule has 0 radical (unpaired) electrons. The highest BCUT2D eigenvalue weighted by atomic mass is 16.5. The molecule has 88 valence electrons. The summed E-state index contributed by atoms with van der Waals surface area (Å²) in [5.41, 5.74) is 1.01. The van der Waals surface area contributed by atoms with Crippen LogP contribution in [0.3, 0.4) is 0 Å². The molecule has 0 unspecified atom stereocenters. The molecule has 4 heteroatoms. The van der Waals surface area contributed by atoms with Gasteiger partial charge in [-0.15, -0.1) is 0 Å². The lowest BCUT2D eigenvalue weighted by Crippen LogP contribution is -2.09. The lowest BCUT2D eigenvalue weighted by molar-refractivity contribution is 0.285. The minimum atomic E-state index is 0.732. The van der Waals surface area contributed by atoms with Crippen LogP contribution in [0.4, 0.5) is 5.82 Å². The van der Waals surface area contributed by atoms with Gasteiger partial charge < -0.3 is 10.1 Å². The number of ether oxygens (including phenoxy) is 1. The quantitative estimate of drug-likeness (QED) is 0.829. The predicted molar refractivity (Wildman–Crippen MR) is 63.9 cm³/mol. The summed E-state index contributed by atoms with van der Waals surface area (Å²) in [7, 11) is 0. The average molecular weight is 221 g/mol. The molecule has 1 saturated carbocycles. The number of rotatable bonds is 5. The van der Waals surface area contributed by atoms with Crippen LogP contribution in [0.2, 0.25) is 0 Å². The van der Waals surface area contributed by atoms with E-state index in [0.717, 1.165) is 42.2 Å². The van der Waals surface area contributed by atoms with Crippen molar-refractivity contribution in [3.05, 3.63) is 11.4 Å². The van der Waals surface area contributed by atoms with Gasteiger partial charge in [0.25, 0.3) is 0 Å². The Balaban J connectivity index is 2.13. The van der Waals surface area contributed by atoms with Gasteiger partial charge in [0.15, 0.2) is 0 Å². The topological polar surface area (TPSA) is 47.0 Å². The van der Waals surface area contributed by atoms with Crippen LogP contribution in [0.5, 0.6) is 5.88 Å². The van der Waals surface area contributed by atoms with Gasteiger partial charge in [-0.05, 0) is 39.5 Å². The molecule has 1 aromatic heterocycles. The SMILES string of the molecule is CCNc1nc(C)nc(OCC2CC2)c1C. The van der Waals surface area contributed by atoms with Crippen LogP contribution >= 0.6 is 0 Å². The second kappa shape index (κ2) is 4.68. The Labute approximate surface area is 96.4 Å².